The normalized spacial score (nSPS) is 11.1. The Morgan fingerprint density at radius 2 is 2.20 bits per heavy atom. The summed E-state index contributed by atoms with van der Waals surface area (Å²) in [6, 6.07) is 7.31. The summed E-state index contributed by atoms with van der Waals surface area (Å²) in [4.78, 5) is 16.7. The summed E-state index contributed by atoms with van der Waals surface area (Å²) in [5.41, 5.74) is 1.35. The van der Waals surface area contributed by atoms with E-state index in [9.17, 15) is 4.79 Å². The third-order valence-electron chi connectivity index (χ3n) is 2.79. The fourth-order valence-corrected chi connectivity index (χ4v) is 3.45. The zero-order chi connectivity index (χ0) is 14.1. The van der Waals surface area contributed by atoms with E-state index in [2.05, 4.69) is 14.6 Å². The van der Waals surface area contributed by atoms with Gasteiger partial charge in [0.25, 0.3) is 5.56 Å². The van der Waals surface area contributed by atoms with E-state index in [4.69, 9.17) is 11.6 Å². The molecule has 102 valence electrons. The largest absolute Gasteiger partial charge is 0.290 e. The molecule has 0 radical (unpaired) electrons. The van der Waals surface area contributed by atoms with Crippen molar-refractivity contribution in [3.8, 4) is 0 Å². The molecule has 0 saturated carbocycles. The van der Waals surface area contributed by atoms with E-state index in [-0.39, 0.29) is 5.56 Å². The molecule has 1 aromatic carbocycles. The summed E-state index contributed by atoms with van der Waals surface area (Å²) >= 11 is 8.53. The number of hydrogen-bond donors (Lipinski definition) is 0. The highest BCUT2D eigenvalue weighted by atomic mass is 35.5. The highest BCUT2D eigenvalue weighted by Crippen LogP contribution is 2.26. The minimum Gasteiger partial charge on any atom is -0.290 e. The zero-order valence-electron chi connectivity index (χ0n) is 10.4. The summed E-state index contributed by atoms with van der Waals surface area (Å²) in [7, 11) is 1.71. The van der Waals surface area contributed by atoms with Gasteiger partial charge in [-0.3, -0.25) is 9.36 Å². The number of nitrogens with zero attached hydrogens (tertiary/aromatic N) is 4. The van der Waals surface area contributed by atoms with E-state index in [1.54, 1.807) is 17.7 Å². The Kier molecular flexibility index (Phi) is 3.73. The fraction of sp³-hybridized carbons (Fsp3) is 0.167. The number of aromatic nitrogens is 4. The Bertz CT molecular complexity index is 830. The van der Waals surface area contributed by atoms with Gasteiger partial charge < -0.3 is 0 Å². The van der Waals surface area contributed by atoms with Gasteiger partial charge in [0.15, 0.2) is 5.16 Å². The molecule has 3 rings (SSSR count). The maximum atomic E-state index is 12.2. The summed E-state index contributed by atoms with van der Waals surface area (Å²) in [6.45, 7) is 0. The van der Waals surface area contributed by atoms with Gasteiger partial charge in [-0.15, -0.1) is 5.10 Å². The van der Waals surface area contributed by atoms with Crippen LogP contribution in [0.25, 0.3) is 10.9 Å². The molecule has 5 nitrogen and oxygen atoms in total. The summed E-state index contributed by atoms with van der Waals surface area (Å²) in [5.74, 6) is 0.536. The molecule has 8 heteroatoms. The fourth-order valence-electron chi connectivity index (χ4n) is 1.74. The van der Waals surface area contributed by atoms with E-state index in [0.717, 1.165) is 11.5 Å². The zero-order valence-corrected chi connectivity index (χ0v) is 12.8. The molecule has 2 aromatic heterocycles. The lowest BCUT2D eigenvalue weighted by Crippen LogP contribution is -2.19. The number of rotatable bonds is 3. The summed E-state index contributed by atoms with van der Waals surface area (Å²) < 4.78 is 5.90. The first-order chi connectivity index (χ1) is 9.66. The molecule has 0 N–H and O–H groups in total. The first-order valence-corrected chi connectivity index (χ1v) is 7.86. The molecule has 0 aliphatic heterocycles. The maximum absolute atomic E-state index is 12.2. The molecule has 0 saturated heterocycles. The molecule has 0 aliphatic rings. The first-order valence-electron chi connectivity index (χ1n) is 5.72. The average Bonchev–Trinajstić information content (AvgIpc) is 2.87. The first kappa shape index (κ1) is 13.5. The quantitative estimate of drug-likeness (QED) is 0.547. The van der Waals surface area contributed by atoms with E-state index >= 15 is 0 Å². The van der Waals surface area contributed by atoms with Gasteiger partial charge in [-0.25, -0.2) is 4.98 Å². The van der Waals surface area contributed by atoms with Crippen LogP contribution in [0.4, 0.5) is 0 Å². The van der Waals surface area contributed by atoms with Crippen molar-refractivity contribution in [2.75, 3.05) is 0 Å². The summed E-state index contributed by atoms with van der Waals surface area (Å²) in [6.07, 6.45) is 0. The van der Waals surface area contributed by atoms with Crippen molar-refractivity contribution in [1.82, 2.24) is 19.1 Å². The smallest absolute Gasteiger partial charge is 0.261 e. The predicted molar refractivity (Wildman–Crippen MR) is 81.5 cm³/mol. The molecule has 0 bridgehead atoms. The van der Waals surface area contributed by atoms with Crippen LogP contribution >= 0.6 is 34.9 Å². The minimum atomic E-state index is -0.0550. The van der Waals surface area contributed by atoms with Crippen LogP contribution in [0.1, 0.15) is 5.69 Å². The number of para-hydroxylation sites is 1. The third kappa shape index (κ3) is 2.44. The summed E-state index contributed by atoms with van der Waals surface area (Å²) in [5, 5.41) is 5.20. The minimum absolute atomic E-state index is 0.0550. The molecule has 3 aromatic rings. The van der Waals surface area contributed by atoms with Crippen LogP contribution in [0.2, 0.25) is 4.34 Å². The third-order valence-corrected chi connectivity index (χ3v) is 4.82. The molecule has 0 atom stereocenters. The van der Waals surface area contributed by atoms with Gasteiger partial charge in [-0.1, -0.05) is 40.0 Å². The standard InChI is InChI=1S/C12H9ClN4OS2/c1-17-11(18)7-4-2-3-5-8(7)14-12(17)19-6-9-10(13)20-16-15-9/h2-5H,6H2,1H3. The van der Waals surface area contributed by atoms with Gasteiger partial charge in [0.1, 0.15) is 10.0 Å². The Balaban J connectivity index is 1.98. The van der Waals surface area contributed by atoms with Crippen molar-refractivity contribution in [3.63, 3.8) is 0 Å². The Morgan fingerprint density at radius 3 is 2.95 bits per heavy atom. The number of hydrogen-bond acceptors (Lipinski definition) is 6. The number of benzene rings is 1. The molecular weight excluding hydrogens is 316 g/mol. The van der Waals surface area contributed by atoms with Gasteiger partial charge in [0.2, 0.25) is 0 Å². The number of fused-ring (bicyclic) bond motifs is 1. The average molecular weight is 325 g/mol. The van der Waals surface area contributed by atoms with Crippen molar-refractivity contribution in [3.05, 3.63) is 44.6 Å². The topological polar surface area (TPSA) is 60.7 Å². The predicted octanol–water partition coefficient (Wildman–Crippen LogP) is 2.73. The van der Waals surface area contributed by atoms with Crippen LogP contribution < -0.4 is 5.56 Å². The second-order valence-electron chi connectivity index (χ2n) is 4.06. The lowest BCUT2D eigenvalue weighted by Gasteiger charge is -2.07. The van der Waals surface area contributed by atoms with Gasteiger partial charge in [-0.2, -0.15) is 0 Å². The molecule has 0 amide bonds. The van der Waals surface area contributed by atoms with E-state index < -0.39 is 0 Å². The number of thioether (sulfide) groups is 1. The maximum Gasteiger partial charge on any atom is 0.261 e. The lowest BCUT2D eigenvalue weighted by atomic mass is 10.2. The van der Waals surface area contributed by atoms with Crippen molar-refractivity contribution >= 4 is 45.8 Å². The van der Waals surface area contributed by atoms with Gasteiger partial charge in [0.05, 0.1) is 10.9 Å². The Labute approximate surface area is 127 Å². The van der Waals surface area contributed by atoms with E-state index in [1.807, 2.05) is 18.2 Å². The van der Waals surface area contributed by atoms with Crippen LogP contribution in [-0.2, 0) is 12.8 Å². The van der Waals surface area contributed by atoms with Crippen LogP contribution in [0.3, 0.4) is 0 Å². The molecule has 0 fully saturated rings. The number of halogens is 1. The SMILES string of the molecule is Cn1c(SCc2nnsc2Cl)nc2ccccc2c1=O. The second-order valence-corrected chi connectivity index (χ2v) is 6.36. The lowest BCUT2D eigenvalue weighted by molar-refractivity contribution is 0.726. The highest BCUT2D eigenvalue weighted by Gasteiger charge is 2.11. The molecule has 20 heavy (non-hydrogen) atoms. The molecule has 0 spiro atoms. The molecule has 0 aliphatic carbocycles. The van der Waals surface area contributed by atoms with Crippen molar-refractivity contribution < 1.29 is 0 Å². The van der Waals surface area contributed by atoms with Crippen LogP contribution in [0, 0.1) is 0 Å². The van der Waals surface area contributed by atoms with Crippen molar-refractivity contribution in [2.45, 2.75) is 10.9 Å². The van der Waals surface area contributed by atoms with Crippen LogP contribution in [0.15, 0.2) is 34.2 Å². The Hall–Kier alpha value is -1.44. The molecule has 2 heterocycles. The van der Waals surface area contributed by atoms with Crippen LogP contribution in [-0.4, -0.2) is 19.1 Å². The van der Waals surface area contributed by atoms with Crippen molar-refractivity contribution in [2.24, 2.45) is 7.05 Å². The molecule has 0 unspecified atom stereocenters. The van der Waals surface area contributed by atoms with Gasteiger partial charge >= 0.3 is 0 Å². The van der Waals surface area contributed by atoms with Crippen LogP contribution in [0.5, 0.6) is 0 Å². The Morgan fingerprint density at radius 1 is 1.40 bits per heavy atom. The van der Waals surface area contributed by atoms with Gasteiger partial charge in [-0.05, 0) is 12.1 Å². The van der Waals surface area contributed by atoms with E-state index in [1.165, 1.54) is 11.8 Å². The molecular formula is C12H9ClN4OS2. The monoisotopic (exact) mass is 324 g/mol. The van der Waals surface area contributed by atoms with E-state index in [0.29, 0.717) is 31.8 Å². The second kappa shape index (κ2) is 5.51. The highest BCUT2D eigenvalue weighted by molar-refractivity contribution is 7.98. The van der Waals surface area contributed by atoms with Gasteiger partial charge in [0, 0.05) is 24.3 Å². The van der Waals surface area contributed by atoms with Crippen molar-refractivity contribution in [1.29, 1.82) is 0 Å².